The Balaban J connectivity index is 2.12. The summed E-state index contributed by atoms with van der Waals surface area (Å²) in [7, 11) is 5.18. The van der Waals surface area contributed by atoms with Gasteiger partial charge in [-0.1, -0.05) is 35.9 Å². The first kappa shape index (κ1) is 24.0. The number of imidazole rings is 1. The second-order valence-corrected chi connectivity index (χ2v) is 8.58. The minimum absolute atomic E-state index is 0.117. The second kappa shape index (κ2) is 9.87. The maximum Gasteiger partial charge on any atom is 0.359 e. The Morgan fingerprint density at radius 3 is 2.27 bits per heavy atom. The van der Waals surface area contributed by atoms with Gasteiger partial charge in [0.1, 0.15) is 5.60 Å². The number of para-hydroxylation sites is 1. The van der Waals surface area contributed by atoms with Crippen molar-refractivity contribution in [2.75, 3.05) is 38.0 Å². The van der Waals surface area contributed by atoms with Gasteiger partial charge in [0.05, 0.1) is 6.61 Å². The molecule has 8 nitrogen and oxygen atoms in total. The zero-order chi connectivity index (χ0) is 24.2. The molecule has 0 unspecified atom stereocenters. The fraction of sp³-hybridized carbons (Fsp3) is 0.320. The first-order valence-corrected chi connectivity index (χ1v) is 10.6. The zero-order valence-electron chi connectivity index (χ0n) is 19.9. The molecule has 3 aromatic rings. The summed E-state index contributed by atoms with van der Waals surface area (Å²) in [5.74, 6) is -0.410. The van der Waals surface area contributed by atoms with Gasteiger partial charge in [-0.3, -0.25) is 9.36 Å². The number of amides is 1. The Hall–Kier alpha value is -3.65. The highest BCUT2D eigenvalue weighted by molar-refractivity contribution is 6.07. The fourth-order valence-electron chi connectivity index (χ4n) is 3.37. The van der Waals surface area contributed by atoms with Gasteiger partial charge < -0.3 is 19.7 Å². The molecule has 1 heterocycles. The van der Waals surface area contributed by atoms with Crippen LogP contribution in [-0.4, -0.2) is 54.8 Å². The molecule has 0 radical (unpaired) electrons. The molecule has 33 heavy (non-hydrogen) atoms. The zero-order valence-corrected chi connectivity index (χ0v) is 19.9. The summed E-state index contributed by atoms with van der Waals surface area (Å²) >= 11 is 0. The number of rotatable bonds is 8. The number of hydrogen-bond donors (Lipinski definition) is 1. The van der Waals surface area contributed by atoms with E-state index >= 15 is 0 Å². The number of nitrogens with zero attached hydrogens (tertiary/aromatic N) is 3. The minimum Gasteiger partial charge on any atom is -0.452 e. The van der Waals surface area contributed by atoms with Gasteiger partial charge >= 0.3 is 5.97 Å². The Morgan fingerprint density at radius 1 is 1.06 bits per heavy atom. The van der Waals surface area contributed by atoms with Gasteiger partial charge in [-0.05, 0) is 45.0 Å². The van der Waals surface area contributed by atoms with Gasteiger partial charge in [0.25, 0.3) is 5.91 Å². The first-order valence-electron chi connectivity index (χ1n) is 10.6. The van der Waals surface area contributed by atoms with Crippen LogP contribution in [0, 0.1) is 6.92 Å². The minimum atomic E-state index is -0.881. The Kier molecular flexibility index (Phi) is 7.18. The van der Waals surface area contributed by atoms with Crippen LogP contribution in [0.3, 0.4) is 0 Å². The van der Waals surface area contributed by atoms with E-state index in [1.54, 1.807) is 42.6 Å². The van der Waals surface area contributed by atoms with Crippen molar-refractivity contribution in [1.29, 1.82) is 0 Å². The van der Waals surface area contributed by atoms with Crippen molar-refractivity contribution in [2.24, 2.45) is 0 Å². The molecular formula is C25H30N4O4. The van der Waals surface area contributed by atoms with Crippen LogP contribution in [0.25, 0.3) is 5.69 Å². The van der Waals surface area contributed by atoms with Gasteiger partial charge in [-0.15, -0.1) is 0 Å². The van der Waals surface area contributed by atoms with E-state index in [4.69, 9.17) is 9.47 Å². The number of hydrogen-bond acceptors (Lipinski definition) is 6. The predicted octanol–water partition coefficient (Wildman–Crippen LogP) is 4.08. The summed E-state index contributed by atoms with van der Waals surface area (Å²) in [6.45, 7) is 5.68. The van der Waals surface area contributed by atoms with E-state index in [9.17, 15) is 9.59 Å². The monoisotopic (exact) mass is 450 g/mol. The first-order chi connectivity index (χ1) is 15.6. The average Bonchev–Trinajstić information content (AvgIpc) is 3.14. The highest BCUT2D eigenvalue weighted by Crippen LogP contribution is 2.29. The van der Waals surface area contributed by atoms with Gasteiger partial charge in [-0.25, -0.2) is 4.79 Å². The van der Waals surface area contributed by atoms with E-state index in [1.165, 1.54) is 0 Å². The molecular weight excluding hydrogens is 420 g/mol. The van der Waals surface area contributed by atoms with E-state index in [-0.39, 0.29) is 24.0 Å². The number of anilines is 2. The van der Waals surface area contributed by atoms with Gasteiger partial charge in [0.2, 0.25) is 5.95 Å². The Labute approximate surface area is 194 Å². The number of carbonyl (C=O) groups excluding carboxylic acids is 2. The number of esters is 1. The molecule has 0 aliphatic rings. The normalized spacial score (nSPS) is 11.2. The lowest BCUT2D eigenvalue weighted by Gasteiger charge is -2.25. The van der Waals surface area contributed by atoms with Crippen molar-refractivity contribution in [3.05, 3.63) is 71.4 Å². The molecule has 1 N–H and O–H groups in total. The number of carbonyl (C=O) groups is 2. The summed E-state index contributed by atoms with van der Waals surface area (Å²) in [5, 5.41) is 2.80. The van der Waals surface area contributed by atoms with Gasteiger partial charge in [-0.2, -0.15) is 4.98 Å². The molecule has 0 aliphatic carbocycles. The summed E-state index contributed by atoms with van der Waals surface area (Å²) in [6.07, 6.45) is 0. The quantitative estimate of drug-likeness (QED) is 0.521. The van der Waals surface area contributed by atoms with Crippen LogP contribution in [0.15, 0.2) is 54.6 Å². The van der Waals surface area contributed by atoms with Crippen molar-refractivity contribution < 1.29 is 19.1 Å². The topological polar surface area (TPSA) is 85.7 Å². The number of benzene rings is 2. The van der Waals surface area contributed by atoms with Gasteiger partial charge in [0.15, 0.2) is 11.5 Å². The van der Waals surface area contributed by atoms with Crippen LogP contribution in [0.4, 0.5) is 11.8 Å². The summed E-state index contributed by atoms with van der Waals surface area (Å²) in [6, 6.07) is 16.5. The van der Waals surface area contributed by atoms with Crippen LogP contribution in [-0.2, 0) is 9.47 Å². The Morgan fingerprint density at radius 2 is 1.70 bits per heavy atom. The maximum atomic E-state index is 13.4. The van der Waals surface area contributed by atoms with Crippen molar-refractivity contribution in [2.45, 2.75) is 26.4 Å². The molecule has 0 bridgehead atoms. The number of methoxy groups -OCH3 is 1. The van der Waals surface area contributed by atoms with E-state index in [0.717, 1.165) is 5.56 Å². The lowest BCUT2D eigenvalue weighted by atomic mass is 10.1. The number of ether oxygens (including phenoxy) is 2. The second-order valence-electron chi connectivity index (χ2n) is 8.58. The molecule has 174 valence electrons. The van der Waals surface area contributed by atoms with Crippen LogP contribution in [0.2, 0.25) is 0 Å². The van der Waals surface area contributed by atoms with Crippen LogP contribution < -0.4 is 10.2 Å². The predicted molar refractivity (Wildman–Crippen MR) is 128 cm³/mol. The third kappa shape index (κ3) is 5.59. The van der Waals surface area contributed by atoms with Gasteiger partial charge in [0, 0.05) is 32.5 Å². The molecule has 3 rings (SSSR count). The lowest BCUT2D eigenvalue weighted by molar-refractivity contribution is -0.0370. The molecule has 0 atom stereocenters. The molecule has 1 amide bonds. The van der Waals surface area contributed by atoms with Crippen LogP contribution in [0.1, 0.15) is 40.3 Å². The third-order valence-corrected chi connectivity index (χ3v) is 4.87. The number of aromatic nitrogens is 2. The van der Waals surface area contributed by atoms with Crippen molar-refractivity contribution in [3.63, 3.8) is 0 Å². The fourth-order valence-corrected chi connectivity index (χ4v) is 3.37. The van der Waals surface area contributed by atoms with E-state index in [1.807, 2.05) is 63.5 Å². The molecule has 8 heteroatoms. The molecule has 0 saturated carbocycles. The molecule has 2 aromatic carbocycles. The summed E-state index contributed by atoms with van der Waals surface area (Å²) in [5.41, 5.74) is 1.45. The number of nitrogens with one attached hydrogen (secondary N) is 1. The SMILES string of the molecule is COCC(C)(C)OC(=O)c1c(NC(=O)c2ccc(C)cc2)nc(N(C)C)n1-c1ccccc1. The lowest BCUT2D eigenvalue weighted by Crippen LogP contribution is -2.34. The number of aryl methyl sites for hydroxylation is 1. The standard InChI is InChI=1S/C25H30N4O4/c1-17-12-14-18(15-13-17)22(30)26-21-20(23(31)33-25(2,3)16-32-6)29(24(27-21)28(4)5)19-10-8-7-9-11-19/h7-15H,16H2,1-6H3,(H,26,30). The molecule has 0 fully saturated rings. The van der Waals surface area contributed by atoms with Crippen molar-refractivity contribution in [1.82, 2.24) is 9.55 Å². The van der Waals surface area contributed by atoms with Crippen LogP contribution >= 0.6 is 0 Å². The average molecular weight is 451 g/mol. The maximum absolute atomic E-state index is 13.4. The summed E-state index contributed by atoms with van der Waals surface area (Å²) < 4.78 is 12.6. The molecule has 0 aliphatic heterocycles. The van der Waals surface area contributed by atoms with Crippen molar-refractivity contribution in [3.8, 4) is 5.69 Å². The molecule has 0 saturated heterocycles. The van der Waals surface area contributed by atoms with E-state index < -0.39 is 11.6 Å². The van der Waals surface area contributed by atoms with Crippen LogP contribution in [0.5, 0.6) is 0 Å². The highest BCUT2D eigenvalue weighted by Gasteiger charge is 2.32. The third-order valence-electron chi connectivity index (χ3n) is 4.87. The molecule has 0 spiro atoms. The Bertz CT molecular complexity index is 1120. The van der Waals surface area contributed by atoms with E-state index in [0.29, 0.717) is 17.2 Å². The summed E-state index contributed by atoms with van der Waals surface area (Å²) in [4.78, 5) is 32.8. The largest absolute Gasteiger partial charge is 0.452 e. The van der Waals surface area contributed by atoms with E-state index in [2.05, 4.69) is 10.3 Å². The highest BCUT2D eigenvalue weighted by atomic mass is 16.6. The smallest absolute Gasteiger partial charge is 0.359 e. The van der Waals surface area contributed by atoms with Crippen molar-refractivity contribution >= 4 is 23.6 Å². The molecule has 1 aromatic heterocycles.